The molecule has 0 spiro atoms. The number of aromatic nitrogens is 2. The van der Waals surface area contributed by atoms with Gasteiger partial charge < -0.3 is 9.13 Å². The largest absolute Gasteiger partial charge is 0.313 e. The maximum atomic E-state index is 2.53. The molecule has 2 aromatic heterocycles. The molecular weight excluding hydrogens is 605 g/mol. The number of nitrogens with zero attached hydrogens (tertiary/aromatic N) is 2. The highest BCUT2D eigenvalue weighted by atomic mass is 15.0. The lowest BCUT2D eigenvalue weighted by atomic mass is 9.92. The quantitative estimate of drug-likeness (QED) is 0.171. The first-order valence-electron chi connectivity index (χ1n) is 17.6. The lowest BCUT2D eigenvalue weighted by Gasteiger charge is -2.18. The molecule has 0 amide bonds. The Morgan fingerprint density at radius 3 is 1.46 bits per heavy atom. The van der Waals surface area contributed by atoms with Crippen molar-refractivity contribution in [2.24, 2.45) is 0 Å². The van der Waals surface area contributed by atoms with Gasteiger partial charge in [0.1, 0.15) is 0 Å². The van der Waals surface area contributed by atoms with E-state index >= 15 is 0 Å². The summed E-state index contributed by atoms with van der Waals surface area (Å²) in [7, 11) is 0. The molecule has 10 aromatic rings. The second-order valence-electron chi connectivity index (χ2n) is 13.6. The highest BCUT2D eigenvalue weighted by Gasteiger charge is 2.21. The SMILES string of the molecule is C1=Cc2c(n(-c3cc(-c4ccc5c6ccccc6c6ccccc6c5c4)cc(-n4c5ccccc5c5ccccc54)c3)c3ccccc23)CC1. The molecule has 2 heteroatoms. The van der Waals surface area contributed by atoms with Gasteiger partial charge in [-0.15, -0.1) is 0 Å². The number of fused-ring (bicyclic) bond motifs is 12. The van der Waals surface area contributed by atoms with Crippen molar-refractivity contribution in [3.8, 4) is 22.5 Å². The van der Waals surface area contributed by atoms with E-state index in [4.69, 9.17) is 0 Å². The Morgan fingerprint density at radius 2 is 0.840 bits per heavy atom. The van der Waals surface area contributed by atoms with Gasteiger partial charge in [-0.05, 0) is 98.8 Å². The molecule has 11 rings (SSSR count). The number of hydrogen-bond donors (Lipinski definition) is 0. The molecule has 234 valence electrons. The summed E-state index contributed by atoms with van der Waals surface area (Å²) in [4.78, 5) is 0. The van der Waals surface area contributed by atoms with Gasteiger partial charge in [-0.1, -0.05) is 127 Å². The molecular formula is C48H32N2. The third kappa shape index (κ3) is 3.90. The smallest absolute Gasteiger partial charge is 0.0541 e. The molecule has 0 fully saturated rings. The normalized spacial score (nSPS) is 13.0. The maximum Gasteiger partial charge on any atom is 0.0541 e. The fraction of sp³-hybridized carbons (Fsp3) is 0.0417. The first-order valence-corrected chi connectivity index (χ1v) is 17.6. The van der Waals surface area contributed by atoms with Crippen LogP contribution in [0.2, 0.25) is 0 Å². The molecule has 2 heterocycles. The lowest BCUT2D eigenvalue weighted by molar-refractivity contribution is 0.888. The Bertz CT molecular complexity index is 2950. The second kappa shape index (κ2) is 10.6. The Labute approximate surface area is 289 Å². The molecule has 0 saturated heterocycles. The van der Waals surface area contributed by atoms with Crippen molar-refractivity contribution >= 4 is 71.1 Å². The Kier molecular flexibility index (Phi) is 5.82. The van der Waals surface area contributed by atoms with E-state index < -0.39 is 0 Å². The van der Waals surface area contributed by atoms with Crippen LogP contribution in [0.1, 0.15) is 17.7 Å². The van der Waals surface area contributed by atoms with Gasteiger partial charge >= 0.3 is 0 Å². The fourth-order valence-corrected chi connectivity index (χ4v) is 8.77. The Balaban J connectivity index is 1.25. The summed E-state index contributed by atoms with van der Waals surface area (Å²) in [5.41, 5.74) is 11.2. The minimum Gasteiger partial charge on any atom is -0.313 e. The van der Waals surface area contributed by atoms with Crippen LogP contribution in [-0.4, -0.2) is 9.13 Å². The van der Waals surface area contributed by atoms with Gasteiger partial charge in [-0.2, -0.15) is 0 Å². The van der Waals surface area contributed by atoms with E-state index in [0.717, 1.165) is 18.5 Å². The number of benzene rings is 8. The average Bonchev–Trinajstić information content (AvgIpc) is 3.71. The van der Waals surface area contributed by atoms with Crippen LogP contribution in [0.4, 0.5) is 0 Å². The van der Waals surface area contributed by atoms with Crippen molar-refractivity contribution in [3.63, 3.8) is 0 Å². The predicted molar refractivity (Wildman–Crippen MR) is 213 cm³/mol. The van der Waals surface area contributed by atoms with Crippen molar-refractivity contribution in [3.05, 3.63) is 175 Å². The molecule has 1 aliphatic rings. The van der Waals surface area contributed by atoms with Crippen LogP contribution in [0, 0.1) is 0 Å². The minimum absolute atomic E-state index is 1.02. The zero-order chi connectivity index (χ0) is 32.8. The molecule has 2 nitrogen and oxygen atoms in total. The molecule has 0 bridgehead atoms. The van der Waals surface area contributed by atoms with Crippen LogP contribution in [-0.2, 0) is 6.42 Å². The fourth-order valence-electron chi connectivity index (χ4n) is 8.77. The maximum absolute atomic E-state index is 2.53. The van der Waals surface area contributed by atoms with Crippen molar-refractivity contribution in [2.45, 2.75) is 12.8 Å². The minimum atomic E-state index is 1.02. The van der Waals surface area contributed by atoms with E-state index in [2.05, 4.69) is 179 Å². The van der Waals surface area contributed by atoms with E-state index in [1.165, 1.54) is 93.1 Å². The molecule has 0 aliphatic heterocycles. The molecule has 50 heavy (non-hydrogen) atoms. The molecule has 0 saturated carbocycles. The van der Waals surface area contributed by atoms with Gasteiger partial charge in [-0.25, -0.2) is 0 Å². The van der Waals surface area contributed by atoms with Crippen molar-refractivity contribution in [1.82, 2.24) is 9.13 Å². The molecule has 0 unspecified atom stereocenters. The van der Waals surface area contributed by atoms with E-state index in [9.17, 15) is 0 Å². The van der Waals surface area contributed by atoms with Gasteiger partial charge in [0.15, 0.2) is 0 Å². The Morgan fingerprint density at radius 1 is 0.360 bits per heavy atom. The molecule has 0 radical (unpaired) electrons. The lowest BCUT2D eigenvalue weighted by Crippen LogP contribution is -2.05. The predicted octanol–water partition coefficient (Wildman–Crippen LogP) is 12.8. The average molecular weight is 637 g/mol. The Hall–Kier alpha value is -6.38. The molecule has 0 atom stereocenters. The van der Waals surface area contributed by atoms with Crippen molar-refractivity contribution in [2.75, 3.05) is 0 Å². The first kappa shape index (κ1) is 27.6. The third-order valence-corrected chi connectivity index (χ3v) is 10.9. The van der Waals surface area contributed by atoms with Gasteiger partial charge in [0.25, 0.3) is 0 Å². The zero-order valence-electron chi connectivity index (χ0n) is 27.5. The standard InChI is InChI=1S/C48H32N2/c1-2-15-37-35(13-1)36-14-3-4-16-38(36)44-29-31(25-26-39(37)44)32-27-33(49-45-21-9-5-17-40(45)41-18-6-10-22-46(41)49)30-34(28-32)50-47-23-11-7-19-42(47)43-20-8-12-24-48(43)50/h1-11,13-23,25-30H,12,24H2. The summed E-state index contributed by atoms with van der Waals surface area (Å²) in [6.07, 6.45) is 6.72. The highest BCUT2D eigenvalue weighted by molar-refractivity contribution is 6.25. The zero-order valence-corrected chi connectivity index (χ0v) is 27.5. The van der Waals surface area contributed by atoms with Gasteiger partial charge in [0.2, 0.25) is 0 Å². The number of hydrogen-bond acceptors (Lipinski definition) is 0. The highest BCUT2D eigenvalue weighted by Crippen LogP contribution is 2.41. The molecule has 0 N–H and O–H groups in total. The van der Waals surface area contributed by atoms with Crippen LogP contribution in [0.15, 0.2) is 164 Å². The van der Waals surface area contributed by atoms with Crippen LogP contribution >= 0.6 is 0 Å². The molecule has 1 aliphatic carbocycles. The van der Waals surface area contributed by atoms with Gasteiger partial charge in [-0.3, -0.25) is 0 Å². The third-order valence-electron chi connectivity index (χ3n) is 10.9. The number of rotatable bonds is 3. The monoisotopic (exact) mass is 636 g/mol. The van der Waals surface area contributed by atoms with Crippen LogP contribution in [0.5, 0.6) is 0 Å². The summed E-state index contributed by atoms with van der Waals surface area (Å²) in [6, 6.07) is 58.5. The topological polar surface area (TPSA) is 9.86 Å². The first-order chi connectivity index (χ1) is 24.8. The number of allylic oxidation sites excluding steroid dienone is 1. The second-order valence-corrected chi connectivity index (χ2v) is 13.6. The summed E-state index contributed by atoms with van der Waals surface area (Å²) in [5, 5.41) is 11.6. The summed E-state index contributed by atoms with van der Waals surface area (Å²) in [6.45, 7) is 0. The van der Waals surface area contributed by atoms with E-state index in [1.54, 1.807) is 0 Å². The van der Waals surface area contributed by atoms with E-state index in [0.29, 0.717) is 0 Å². The summed E-state index contributed by atoms with van der Waals surface area (Å²) < 4.78 is 4.98. The van der Waals surface area contributed by atoms with Crippen LogP contribution < -0.4 is 0 Å². The van der Waals surface area contributed by atoms with Crippen molar-refractivity contribution < 1.29 is 0 Å². The molecule has 8 aromatic carbocycles. The van der Waals surface area contributed by atoms with Crippen molar-refractivity contribution in [1.29, 1.82) is 0 Å². The van der Waals surface area contributed by atoms with E-state index in [1.807, 2.05) is 0 Å². The van der Waals surface area contributed by atoms with Crippen LogP contribution in [0.3, 0.4) is 0 Å². The van der Waals surface area contributed by atoms with Gasteiger partial charge in [0.05, 0.1) is 16.6 Å². The van der Waals surface area contributed by atoms with Gasteiger partial charge in [0, 0.05) is 38.8 Å². The summed E-state index contributed by atoms with van der Waals surface area (Å²) in [5.74, 6) is 0. The van der Waals surface area contributed by atoms with Crippen LogP contribution in [0.25, 0.3) is 93.6 Å². The number of para-hydroxylation sites is 3. The van der Waals surface area contributed by atoms with E-state index in [-0.39, 0.29) is 0 Å². The summed E-state index contributed by atoms with van der Waals surface area (Å²) >= 11 is 0.